The predicted molar refractivity (Wildman–Crippen MR) is 63.2 cm³/mol. The molecule has 3 nitrogen and oxygen atoms in total. The Morgan fingerprint density at radius 3 is 2.71 bits per heavy atom. The molecule has 0 heterocycles. The fourth-order valence-electron chi connectivity index (χ4n) is 2.26. The molecule has 0 saturated heterocycles. The summed E-state index contributed by atoms with van der Waals surface area (Å²) in [5.74, 6) is -0.0717. The number of nitrogens with two attached hydrogens (primary N) is 1. The highest BCUT2D eigenvalue weighted by Crippen LogP contribution is 2.37. The molecule has 1 aliphatic rings. The van der Waals surface area contributed by atoms with Crippen molar-refractivity contribution in [1.82, 2.24) is 0 Å². The molecule has 0 unspecified atom stereocenters. The first kappa shape index (κ1) is 12.3. The van der Waals surface area contributed by atoms with Crippen LogP contribution in [0.25, 0.3) is 0 Å². The maximum absolute atomic E-state index is 13.5. The Morgan fingerprint density at radius 1 is 1.47 bits per heavy atom. The van der Waals surface area contributed by atoms with Crippen LogP contribution < -0.4 is 10.5 Å². The molecule has 2 rings (SSSR count). The van der Waals surface area contributed by atoms with Crippen LogP contribution in [-0.2, 0) is 0 Å². The average Bonchev–Trinajstić information content (AvgIpc) is 2.25. The van der Waals surface area contributed by atoms with Gasteiger partial charge in [-0.3, -0.25) is 0 Å². The average molecular weight is 239 g/mol. The zero-order valence-electron chi connectivity index (χ0n) is 9.90. The van der Waals surface area contributed by atoms with Gasteiger partial charge in [0.05, 0.1) is 19.3 Å². The van der Waals surface area contributed by atoms with Gasteiger partial charge in [0.25, 0.3) is 0 Å². The van der Waals surface area contributed by atoms with Crippen molar-refractivity contribution in [3.8, 4) is 5.75 Å². The van der Waals surface area contributed by atoms with Gasteiger partial charge in [0.1, 0.15) is 0 Å². The van der Waals surface area contributed by atoms with E-state index in [1.54, 1.807) is 12.1 Å². The van der Waals surface area contributed by atoms with Crippen LogP contribution in [0.4, 0.5) is 4.39 Å². The second-order valence-electron chi connectivity index (χ2n) is 4.57. The first-order valence-electron chi connectivity index (χ1n) is 5.91. The van der Waals surface area contributed by atoms with Crippen LogP contribution in [0.2, 0.25) is 0 Å². The quantitative estimate of drug-likeness (QED) is 0.845. The van der Waals surface area contributed by atoms with Gasteiger partial charge >= 0.3 is 0 Å². The van der Waals surface area contributed by atoms with Gasteiger partial charge in [0.15, 0.2) is 11.6 Å². The maximum Gasteiger partial charge on any atom is 0.165 e. The molecule has 0 bridgehead atoms. The Morgan fingerprint density at radius 2 is 2.18 bits per heavy atom. The lowest BCUT2D eigenvalue weighted by atomic mass is 9.77. The van der Waals surface area contributed by atoms with E-state index in [0.717, 1.165) is 19.3 Å². The molecular weight excluding hydrogens is 221 g/mol. The fourth-order valence-corrected chi connectivity index (χ4v) is 2.26. The summed E-state index contributed by atoms with van der Waals surface area (Å²) < 4.78 is 18.5. The molecule has 94 valence electrons. The molecule has 0 aromatic heterocycles. The van der Waals surface area contributed by atoms with Gasteiger partial charge in [-0.15, -0.1) is 0 Å². The smallest absolute Gasteiger partial charge is 0.165 e. The van der Waals surface area contributed by atoms with Gasteiger partial charge in [0, 0.05) is 5.56 Å². The second-order valence-corrected chi connectivity index (χ2v) is 4.57. The van der Waals surface area contributed by atoms with Crippen molar-refractivity contribution in [2.45, 2.75) is 31.4 Å². The Labute approximate surface area is 100 Å². The molecular formula is C13H18FNO2. The van der Waals surface area contributed by atoms with E-state index in [2.05, 4.69) is 0 Å². The Bertz CT molecular complexity index is 393. The molecule has 1 aromatic rings. The van der Waals surface area contributed by atoms with Crippen LogP contribution in [-0.4, -0.2) is 18.3 Å². The Kier molecular flexibility index (Phi) is 3.64. The number of aliphatic hydroxyl groups is 1. The number of benzene rings is 1. The summed E-state index contributed by atoms with van der Waals surface area (Å²) in [6, 6.07) is 4.02. The monoisotopic (exact) mass is 239 g/mol. The van der Waals surface area contributed by atoms with E-state index in [9.17, 15) is 9.50 Å². The van der Waals surface area contributed by atoms with Crippen LogP contribution >= 0.6 is 0 Å². The number of aliphatic hydroxyl groups excluding tert-OH is 1. The van der Waals surface area contributed by atoms with Crippen molar-refractivity contribution >= 4 is 0 Å². The minimum atomic E-state index is -0.626. The van der Waals surface area contributed by atoms with Crippen molar-refractivity contribution in [2.24, 2.45) is 11.7 Å². The zero-order chi connectivity index (χ0) is 12.4. The summed E-state index contributed by atoms with van der Waals surface area (Å²) in [7, 11) is 1.41. The van der Waals surface area contributed by atoms with Gasteiger partial charge in [-0.2, -0.15) is 0 Å². The first-order chi connectivity index (χ1) is 8.15. The summed E-state index contributed by atoms with van der Waals surface area (Å²) in [5, 5.41) is 10.1. The van der Waals surface area contributed by atoms with Gasteiger partial charge in [-0.25, -0.2) is 4.39 Å². The number of para-hydroxylation sites is 1. The number of hydrogen-bond donors (Lipinski definition) is 2. The second kappa shape index (κ2) is 5.02. The van der Waals surface area contributed by atoms with E-state index >= 15 is 0 Å². The SMILES string of the molecule is COc1c(F)cccc1[C@H](N)[C@H](O)C1CCC1. The lowest BCUT2D eigenvalue weighted by Crippen LogP contribution is -2.36. The topological polar surface area (TPSA) is 55.5 Å². The lowest BCUT2D eigenvalue weighted by Gasteiger charge is -2.34. The lowest BCUT2D eigenvalue weighted by molar-refractivity contribution is 0.0406. The molecule has 4 heteroatoms. The molecule has 3 N–H and O–H groups in total. The van der Waals surface area contributed by atoms with Crippen LogP contribution in [0.5, 0.6) is 5.75 Å². The third-order valence-corrected chi connectivity index (χ3v) is 3.56. The molecule has 17 heavy (non-hydrogen) atoms. The maximum atomic E-state index is 13.5. The van der Waals surface area contributed by atoms with Crippen molar-refractivity contribution in [3.05, 3.63) is 29.6 Å². The Hall–Kier alpha value is -1.13. The highest BCUT2D eigenvalue weighted by Gasteiger charge is 2.32. The highest BCUT2D eigenvalue weighted by molar-refractivity contribution is 5.37. The van der Waals surface area contributed by atoms with E-state index in [4.69, 9.17) is 10.5 Å². The summed E-state index contributed by atoms with van der Waals surface area (Å²) in [6.45, 7) is 0. The van der Waals surface area contributed by atoms with Gasteiger partial charge < -0.3 is 15.6 Å². The van der Waals surface area contributed by atoms with Crippen molar-refractivity contribution in [1.29, 1.82) is 0 Å². The molecule has 1 aromatic carbocycles. The minimum absolute atomic E-state index is 0.137. The van der Waals surface area contributed by atoms with E-state index < -0.39 is 18.0 Å². The van der Waals surface area contributed by atoms with Gasteiger partial charge in [-0.05, 0) is 24.8 Å². The first-order valence-corrected chi connectivity index (χ1v) is 5.91. The molecule has 0 radical (unpaired) electrons. The molecule has 0 amide bonds. The van der Waals surface area contributed by atoms with E-state index in [-0.39, 0.29) is 11.7 Å². The highest BCUT2D eigenvalue weighted by atomic mass is 19.1. The fraction of sp³-hybridized carbons (Fsp3) is 0.538. The van der Waals surface area contributed by atoms with Crippen molar-refractivity contribution in [2.75, 3.05) is 7.11 Å². The van der Waals surface area contributed by atoms with Crippen LogP contribution in [0.3, 0.4) is 0 Å². The third kappa shape index (κ3) is 2.28. The normalized spacial score (nSPS) is 19.5. The molecule has 1 saturated carbocycles. The zero-order valence-corrected chi connectivity index (χ0v) is 9.90. The van der Waals surface area contributed by atoms with Crippen molar-refractivity contribution in [3.63, 3.8) is 0 Å². The Balaban J connectivity index is 2.23. The van der Waals surface area contributed by atoms with E-state index in [0.29, 0.717) is 5.56 Å². The van der Waals surface area contributed by atoms with Gasteiger partial charge in [0.2, 0.25) is 0 Å². The number of rotatable bonds is 4. The summed E-state index contributed by atoms with van der Waals surface area (Å²) >= 11 is 0. The number of hydrogen-bond acceptors (Lipinski definition) is 3. The molecule has 2 atom stereocenters. The predicted octanol–water partition coefficient (Wildman–Crippen LogP) is 2.00. The largest absolute Gasteiger partial charge is 0.493 e. The van der Waals surface area contributed by atoms with Crippen LogP contribution in [0, 0.1) is 11.7 Å². The summed E-state index contributed by atoms with van der Waals surface area (Å²) in [4.78, 5) is 0. The summed E-state index contributed by atoms with van der Waals surface area (Å²) in [5.41, 5.74) is 6.53. The third-order valence-electron chi connectivity index (χ3n) is 3.56. The molecule has 1 fully saturated rings. The number of methoxy groups -OCH3 is 1. The minimum Gasteiger partial charge on any atom is -0.493 e. The van der Waals surface area contributed by atoms with Crippen LogP contribution in [0.1, 0.15) is 30.9 Å². The van der Waals surface area contributed by atoms with E-state index in [1.807, 2.05) is 0 Å². The standard InChI is InChI=1S/C13H18FNO2/c1-17-13-9(6-3-7-10(13)14)11(15)12(16)8-4-2-5-8/h3,6-8,11-12,16H,2,4-5,15H2,1H3/t11-,12+/m0/s1. The van der Waals surface area contributed by atoms with E-state index in [1.165, 1.54) is 13.2 Å². The van der Waals surface area contributed by atoms with Gasteiger partial charge in [-0.1, -0.05) is 18.6 Å². The van der Waals surface area contributed by atoms with Crippen LogP contribution in [0.15, 0.2) is 18.2 Å². The molecule has 0 spiro atoms. The summed E-state index contributed by atoms with van der Waals surface area (Å²) in [6.07, 6.45) is 2.49. The number of ether oxygens (including phenoxy) is 1. The molecule has 1 aliphatic carbocycles. The number of halogens is 1. The molecule has 0 aliphatic heterocycles. The van der Waals surface area contributed by atoms with Crippen molar-refractivity contribution < 1.29 is 14.2 Å².